The number of amides is 1. The summed E-state index contributed by atoms with van der Waals surface area (Å²) in [4.78, 5) is 18.6. The first-order valence-corrected chi connectivity index (χ1v) is 7.04. The number of hydrogen-bond acceptors (Lipinski definition) is 3. The Bertz CT molecular complexity index is 488. The van der Waals surface area contributed by atoms with Crippen molar-refractivity contribution in [1.82, 2.24) is 9.88 Å². The van der Waals surface area contributed by atoms with E-state index in [2.05, 4.69) is 17.1 Å². The second-order valence-electron chi connectivity index (χ2n) is 5.89. The van der Waals surface area contributed by atoms with E-state index in [0.717, 1.165) is 25.9 Å². The first-order chi connectivity index (χ1) is 9.16. The molecule has 1 aromatic heterocycles. The molecular formula is C15H20N2O2. The van der Waals surface area contributed by atoms with Crippen LogP contribution in [-0.2, 0) is 0 Å². The van der Waals surface area contributed by atoms with Crippen LogP contribution in [0, 0.1) is 11.8 Å². The highest BCUT2D eigenvalue weighted by Gasteiger charge is 2.37. The lowest BCUT2D eigenvalue weighted by molar-refractivity contribution is 0.0776. The minimum absolute atomic E-state index is 0.0341. The molecule has 0 aromatic carbocycles. The number of allylic oxidation sites excluding steroid dienone is 2. The van der Waals surface area contributed by atoms with Gasteiger partial charge >= 0.3 is 0 Å². The van der Waals surface area contributed by atoms with E-state index in [1.54, 1.807) is 0 Å². The maximum absolute atomic E-state index is 12.6. The van der Waals surface area contributed by atoms with Gasteiger partial charge in [0.05, 0.1) is 0 Å². The Morgan fingerprint density at radius 3 is 2.53 bits per heavy atom. The topological polar surface area (TPSA) is 46.3 Å². The minimum Gasteiger partial charge on any atom is -0.447 e. The molecule has 19 heavy (non-hydrogen) atoms. The fourth-order valence-corrected chi connectivity index (χ4v) is 3.16. The number of carbonyl (C=O) groups excluding carboxylic acids is 1. The molecule has 1 saturated heterocycles. The van der Waals surface area contributed by atoms with E-state index in [0.29, 0.717) is 23.3 Å². The molecule has 2 heterocycles. The summed E-state index contributed by atoms with van der Waals surface area (Å²) in [6, 6.07) is 0. The standard InChI is InChI=1S/C15H20N2O2/c1-10(2)14-13(16-9-19-14)15(18)17-7-11-5-3-4-6-12(11)8-17/h3-4,9-12H,5-8H2,1-2H3. The smallest absolute Gasteiger partial charge is 0.276 e. The Balaban J connectivity index is 1.76. The van der Waals surface area contributed by atoms with Crippen LogP contribution in [-0.4, -0.2) is 28.9 Å². The minimum atomic E-state index is 0.0341. The van der Waals surface area contributed by atoms with E-state index in [4.69, 9.17) is 4.42 Å². The zero-order valence-corrected chi connectivity index (χ0v) is 11.5. The van der Waals surface area contributed by atoms with Gasteiger partial charge in [-0.05, 0) is 24.7 Å². The van der Waals surface area contributed by atoms with Gasteiger partial charge in [0.25, 0.3) is 5.91 Å². The number of hydrogen-bond donors (Lipinski definition) is 0. The van der Waals surface area contributed by atoms with Crippen molar-refractivity contribution in [2.24, 2.45) is 11.8 Å². The molecule has 4 heteroatoms. The van der Waals surface area contributed by atoms with Crippen molar-refractivity contribution in [2.75, 3.05) is 13.1 Å². The van der Waals surface area contributed by atoms with Gasteiger partial charge in [0, 0.05) is 19.0 Å². The summed E-state index contributed by atoms with van der Waals surface area (Å²) in [6.07, 6.45) is 8.07. The third-order valence-corrected chi connectivity index (χ3v) is 4.23. The van der Waals surface area contributed by atoms with E-state index in [1.165, 1.54) is 6.39 Å². The van der Waals surface area contributed by atoms with E-state index < -0.39 is 0 Å². The zero-order valence-electron chi connectivity index (χ0n) is 11.5. The number of carbonyl (C=O) groups is 1. The van der Waals surface area contributed by atoms with Crippen molar-refractivity contribution in [3.63, 3.8) is 0 Å². The SMILES string of the molecule is CC(C)c1ocnc1C(=O)N1CC2CC=CCC2C1. The Kier molecular flexibility index (Phi) is 3.17. The van der Waals surface area contributed by atoms with Gasteiger partial charge in [-0.25, -0.2) is 4.98 Å². The van der Waals surface area contributed by atoms with Crippen LogP contribution >= 0.6 is 0 Å². The van der Waals surface area contributed by atoms with Gasteiger partial charge in [0.1, 0.15) is 5.76 Å². The van der Waals surface area contributed by atoms with Crippen molar-refractivity contribution in [2.45, 2.75) is 32.6 Å². The molecule has 1 aromatic rings. The predicted octanol–water partition coefficient (Wildman–Crippen LogP) is 2.84. The monoisotopic (exact) mass is 260 g/mol. The molecule has 1 amide bonds. The molecule has 0 saturated carbocycles. The summed E-state index contributed by atoms with van der Waals surface area (Å²) in [5.41, 5.74) is 0.501. The largest absolute Gasteiger partial charge is 0.447 e. The molecule has 0 radical (unpaired) electrons. The van der Waals surface area contributed by atoms with Crippen LogP contribution in [0.2, 0.25) is 0 Å². The quantitative estimate of drug-likeness (QED) is 0.768. The van der Waals surface area contributed by atoms with Gasteiger partial charge in [-0.2, -0.15) is 0 Å². The lowest BCUT2D eigenvalue weighted by Gasteiger charge is -2.17. The van der Waals surface area contributed by atoms with Crippen molar-refractivity contribution >= 4 is 5.91 Å². The van der Waals surface area contributed by atoms with Crippen LogP contribution < -0.4 is 0 Å². The van der Waals surface area contributed by atoms with Gasteiger partial charge in [-0.1, -0.05) is 26.0 Å². The van der Waals surface area contributed by atoms with Crippen molar-refractivity contribution < 1.29 is 9.21 Å². The number of aromatic nitrogens is 1. The van der Waals surface area contributed by atoms with Crippen LogP contribution in [0.5, 0.6) is 0 Å². The third-order valence-electron chi connectivity index (χ3n) is 4.23. The lowest BCUT2D eigenvalue weighted by Crippen LogP contribution is -2.30. The number of oxazole rings is 1. The highest BCUT2D eigenvalue weighted by Crippen LogP contribution is 2.33. The second kappa shape index (κ2) is 4.83. The van der Waals surface area contributed by atoms with Crippen LogP contribution in [0.3, 0.4) is 0 Å². The molecule has 2 aliphatic rings. The summed E-state index contributed by atoms with van der Waals surface area (Å²) in [7, 11) is 0. The molecule has 1 aliphatic carbocycles. The van der Waals surface area contributed by atoms with Crippen LogP contribution in [0.4, 0.5) is 0 Å². The molecule has 2 unspecified atom stereocenters. The molecule has 0 bridgehead atoms. The van der Waals surface area contributed by atoms with Gasteiger partial charge < -0.3 is 9.32 Å². The lowest BCUT2D eigenvalue weighted by atomic mass is 9.86. The summed E-state index contributed by atoms with van der Waals surface area (Å²) < 4.78 is 5.35. The molecule has 4 nitrogen and oxygen atoms in total. The van der Waals surface area contributed by atoms with Gasteiger partial charge in [-0.3, -0.25) is 4.79 Å². The van der Waals surface area contributed by atoms with Crippen LogP contribution in [0.15, 0.2) is 23.0 Å². The molecule has 102 valence electrons. The number of likely N-dealkylation sites (tertiary alicyclic amines) is 1. The van der Waals surface area contributed by atoms with Crippen LogP contribution in [0.25, 0.3) is 0 Å². The average molecular weight is 260 g/mol. The average Bonchev–Trinajstić information content (AvgIpc) is 3.04. The Morgan fingerprint density at radius 2 is 1.95 bits per heavy atom. The summed E-state index contributed by atoms with van der Waals surface area (Å²) >= 11 is 0. The molecule has 0 spiro atoms. The maximum atomic E-state index is 12.6. The summed E-state index contributed by atoms with van der Waals surface area (Å²) in [6.45, 7) is 5.76. The fourth-order valence-electron chi connectivity index (χ4n) is 3.16. The predicted molar refractivity (Wildman–Crippen MR) is 71.8 cm³/mol. The molecular weight excluding hydrogens is 240 g/mol. The normalized spacial score (nSPS) is 25.9. The third kappa shape index (κ3) is 2.20. The van der Waals surface area contributed by atoms with Crippen molar-refractivity contribution in [3.05, 3.63) is 30.0 Å². The van der Waals surface area contributed by atoms with Gasteiger partial charge in [0.15, 0.2) is 12.1 Å². The number of rotatable bonds is 2. The Hall–Kier alpha value is -1.58. The number of fused-ring (bicyclic) bond motifs is 1. The maximum Gasteiger partial charge on any atom is 0.276 e. The fraction of sp³-hybridized carbons (Fsp3) is 0.600. The summed E-state index contributed by atoms with van der Waals surface area (Å²) in [5, 5.41) is 0. The number of nitrogens with zero attached hydrogens (tertiary/aromatic N) is 2. The van der Waals surface area contributed by atoms with E-state index in [9.17, 15) is 4.79 Å². The van der Waals surface area contributed by atoms with E-state index in [-0.39, 0.29) is 11.8 Å². The second-order valence-corrected chi connectivity index (χ2v) is 5.89. The Labute approximate surface area is 113 Å². The molecule has 2 atom stereocenters. The Morgan fingerprint density at radius 1 is 1.32 bits per heavy atom. The van der Waals surface area contributed by atoms with E-state index in [1.807, 2.05) is 18.7 Å². The van der Waals surface area contributed by atoms with Crippen molar-refractivity contribution in [1.29, 1.82) is 0 Å². The zero-order chi connectivity index (χ0) is 13.4. The van der Waals surface area contributed by atoms with Gasteiger partial charge in [0.2, 0.25) is 0 Å². The van der Waals surface area contributed by atoms with E-state index >= 15 is 0 Å². The molecule has 0 N–H and O–H groups in total. The summed E-state index contributed by atoms with van der Waals surface area (Å²) in [5.74, 6) is 2.18. The highest BCUT2D eigenvalue weighted by molar-refractivity contribution is 5.93. The molecule has 1 aliphatic heterocycles. The molecule has 3 rings (SSSR count). The highest BCUT2D eigenvalue weighted by atomic mass is 16.3. The van der Waals surface area contributed by atoms with Crippen LogP contribution in [0.1, 0.15) is 48.9 Å². The first-order valence-electron chi connectivity index (χ1n) is 7.04. The van der Waals surface area contributed by atoms with Gasteiger partial charge in [-0.15, -0.1) is 0 Å². The molecule has 1 fully saturated rings. The van der Waals surface area contributed by atoms with Crippen molar-refractivity contribution in [3.8, 4) is 0 Å². The first kappa shape index (κ1) is 12.5.